The van der Waals surface area contributed by atoms with Crippen molar-refractivity contribution in [3.63, 3.8) is 0 Å². The number of sulfonamides is 1. The molecular formula is C17H22N2O4S. The number of benzene rings is 1. The first-order valence-corrected chi connectivity index (χ1v) is 9.14. The average molecular weight is 350 g/mol. The van der Waals surface area contributed by atoms with Crippen LogP contribution in [-0.4, -0.2) is 32.8 Å². The lowest BCUT2D eigenvalue weighted by atomic mass is 10.1. The van der Waals surface area contributed by atoms with Gasteiger partial charge in [-0.25, -0.2) is 13.1 Å². The monoisotopic (exact) mass is 350 g/mol. The Kier molecular flexibility index (Phi) is 5.46. The number of nitrogens with zero attached hydrogens (tertiary/aromatic N) is 1. The first-order chi connectivity index (χ1) is 11.2. The van der Waals surface area contributed by atoms with Gasteiger partial charge < -0.3 is 9.32 Å². The number of aryl methyl sites for hydroxylation is 2. The Labute approximate surface area is 142 Å². The van der Waals surface area contributed by atoms with E-state index in [1.807, 2.05) is 19.1 Å². The highest BCUT2D eigenvalue weighted by Gasteiger charge is 2.20. The van der Waals surface area contributed by atoms with E-state index in [0.29, 0.717) is 17.9 Å². The van der Waals surface area contributed by atoms with Crippen LogP contribution >= 0.6 is 0 Å². The molecule has 2 rings (SSSR count). The maximum absolute atomic E-state index is 12.7. The van der Waals surface area contributed by atoms with Crippen LogP contribution in [0, 0.1) is 13.8 Å². The quantitative estimate of drug-likeness (QED) is 0.868. The van der Waals surface area contributed by atoms with E-state index in [1.165, 1.54) is 17.0 Å². The number of carbonyl (C=O) groups is 1. The van der Waals surface area contributed by atoms with E-state index in [0.717, 1.165) is 11.3 Å². The minimum atomic E-state index is -3.60. The molecule has 1 amide bonds. The fraction of sp³-hybridized carbons (Fsp3) is 0.353. The second-order valence-electron chi connectivity index (χ2n) is 5.65. The standard InChI is InChI=1S/C17H22N2O4S/c1-5-18-24(21,22)15-9-6-12(2)16(10-15)17(20)19(4)11-14-8-7-13(3)23-14/h6-10,18H,5,11H2,1-4H3. The van der Waals surface area contributed by atoms with Crippen LogP contribution in [0.4, 0.5) is 0 Å². The van der Waals surface area contributed by atoms with Crippen molar-refractivity contribution in [1.29, 1.82) is 0 Å². The van der Waals surface area contributed by atoms with Crippen molar-refractivity contribution in [3.8, 4) is 0 Å². The highest BCUT2D eigenvalue weighted by Crippen LogP contribution is 2.18. The molecule has 0 fully saturated rings. The van der Waals surface area contributed by atoms with Gasteiger partial charge in [0.15, 0.2) is 0 Å². The average Bonchev–Trinajstić information content (AvgIpc) is 2.91. The molecule has 0 unspecified atom stereocenters. The normalized spacial score (nSPS) is 11.5. The lowest BCUT2D eigenvalue weighted by molar-refractivity contribution is 0.0774. The zero-order valence-corrected chi connectivity index (χ0v) is 15.1. The van der Waals surface area contributed by atoms with Crippen molar-refractivity contribution in [2.45, 2.75) is 32.2 Å². The van der Waals surface area contributed by atoms with Crippen LogP contribution in [0.5, 0.6) is 0 Å². The van der Waals surface area contributed by atoms with Crippen LogP contribution in [0.25, 0.3) is 0 Å². The van der Waals surface area contributed by atoms with Gasteiger partial charge in [0.1, 0.15) is 11.5 Å². The predicted molar refractivity (Wildman–Crippen MR) is 91.3 cm³/mol. The van der Waals surface area contributed by atoms with Gasteiger partial charge in [0.2, 0.25) is 10.0 Å². The van der Waals surface area contributed by atoms with Crippen molar-refractivity contribution in [2.75, 3.05) is 13.6 Å². The van der Waals surface area contributed by atoms with E-state index in [2.05, 4.69) is 4.72 Å². The number of hydrogen-bond acceptors (Lipinski definition) is 4. The molecule has 0 bridgehead atoms. The molecule has 0 saturated carbocycles. The Morgan fingerprint density at radius 3 is 2.50 bits per heavy atom. The number of hydrogen-bond donors (Lipinski definition) is 1. The molecule has 0 radical (unpaired) electrons. The van der Waals surface area contributed by atoms with E-state index >= 15 is 0 Å². The Hall–Kier alpha value is -2.12. The van der Waals surface area contributed by atoms with Crippen LogP contribution in [-0.2, 0) is 16.6 Å². The SMILES string of the molecule is CCNS(=O)(=O)c1ccc(C)c(C(=O)N(C)Cc2ccc(C)o2)c1. The molecule has 24 heavy (non-hydrogen) atoms. The molecule has 1 aromatic heterocycles. The molecule has 0 aliphatic rings. The molecule has 0 aliphatic carbocycles. The van der Waals surface area contributed by atoms with Crippen LogP contribution in [0.3, 0.4) is 0 Å². The Balaban J connectivity index is 2.28. The molecule has 6 nitrogen and oxygen atoms in total. The summed E-state index contributed by atoms with van der Waals surface area (Å²) >= 11 is 0. The summed E-state index contributed by atoms with van der Waals surface area (Å²) in [5, 5.41) is 0. The maximum Gasteiger partial charge on any atom is 0.254 e. The minimum absolute atomic E-state index is 0.0838. The van der Waals surface area contributed by atoms with E-state index < -0.39 is 10.0 Å². The number of carbonyl (C=O) groups excluding carboxylic acids is 1. The summed E-state index contributed by atoms with van der Waals surface area (Å²) in [4.78, 5) is 14.3. The van der Waals surface area contributed by atoms with E-state index in [9.17, 15) is 13.2 Å². The number of amides is 1. The molecule has 0 aliphatic heterocycles. The highest BCUT2D eigenvalue weighted by molar-refractivity contribution is 7.89. The Morgan fingerprint density at radius 1 is 1.21 bits per heavy atom. The number of nitrogens with one attached hydrogen (secondary N) is 1. The van der Waals surface area contributed by atoms with Gasteiger partial charge in [-0.1, -0.05) is 13.0 Å². The zero-order chi connectivity index (χ0) is 17.9. The Morgan fingerprint density at radius 2 is 1.92 bits per heavy atom. The molecule has 0 saturated heterocycles. The summed E-state index contributed by atoms with van der Waals surface area (Å²) in [5.74, 6) is 1.20. The molecule has 1 N–H and O–H groups in total. The van der Waals surface area contributed by atoms with Gasteiger partial charge >= 0.3 is 0 Å². The summed E-state index contributed by atoms with van der Waals surface area (Å²) in [6.45, 7) is 5.93. The third kappa shape index (κ3) is 4.04. The van der Waals surface area contributed by atoms with Crippen molar-refractivity contribution in [3.05, 3.63) is 53.0 Å². The van der Waals surface area contributed by atoms with E-state index in [-0.39, 0.29) is 17.3 Å². The van der Waals surface area contributed by atoms with Crippen molar-refractivity contribution in [2.24, 2.45) is 0 Å². The summed E-state index contributed by atoms with van der Waals surface area (Å²) in [6.07, 6.45) is 0. The van der Waals surface area contributed by atoms with Gasteiger partial charge in [0.05, 0.1) is 11.4 Å². The molecule has 1 heterocycles. The first-order valence-electron chi connectivity index (χ1n) is 7.65. The minimum Gasteiger partial charge on any atom is -0.464 e. The highest BCUT2D eigenvalue weighted by atomic mass is 32.2. The zero-order valence-electron chi connectivity index (χ0n) is 14.3. The van der Waals surface area contributed by atoms with Crippen molar-refractivity contribution in [1.82, 2.24) is 9.62 Å². The lowest BCUT2D eigenvalue weighted by Gasteiger charge is -2.18. The van der Waals surface area contributed by atoms with Gasteiger partial charge in [0.25, 0.3) is 5.91 Å². The molecule has 0 atom stereocenters. The van der Waals surface area contributed by atoms with Crippen LogP contribution in [0.2, 0.25) is 0 Å². The third-order valence-electron chi connectivity index (χ3n) is 3.62. The molecular weight excluding hydrogens is 328 g/mol. The molecule has 7 heteroatoms. The van der Waals surface area contributed by atoms with Gasteiger partial charge in [-0.05, 0) is 43.7 Å². The van der Waals surface area contributed by atoms with Gasteiger partial charge in [0, 0.05) is 19.2 Å². The van der Waals surface area contributed by atoms with Crippen LogP contribution < -0.4 is 4.72 Å². The molecule has 0 spiro atoms. The van der Waals surface area contributed by atoms with Crippen LogP contribution in [0.15, 0.2) is 39.6 Å². The topological polar surface area (TPSA) is 79.6 Å². The molecule has 1 aromatic carbocycles. The largest absolute Gasteiger partial charge is 0.464 e. The fourth-order valence-corrected chi connectivity index (χ4v) is 3.42. The van der Waals surface area contributed by atoms with Crippen molar-refractivity contribution >= 4 is 15.9 Å². The van der Waals surface area contributed by atoms with E-state index in [4.69, 9.17) is 4.42 Å². The fourth-order valence-electron chi connectivity index (χ4n) is 2.35. The van der Waals surface area contributed by atoms with Crippen LogP contribution in [0.1, 0.15) is 34.4 Å². The number of furan rings is 1. The van der Waals surface area contributed by atoms with Gasteiger partial charge in [-0.2, -0.15) is 0 Å². The molecule has 2 aromatic rings. The summed E-state index contributed by atoms with van der Waals surface area (Å²) in [5.41, 5.74) is 1.08. The summed E-state index contributed by atoms with van der Waals surface area (Å²) < 4.78 is 32.2. The second kappa shape index (κ2) is 7.19. The summed E-state index contributed by atoms with van der Waals surface area (Å²) in [6, 6.07) is 8.21. The maximum atomic E-state index is 12.7. The summed E-state index contributed by atoms with van der Waals surface area (Å²) in [7, 11) is -1.95. The first kappa shape index (κ1) is 18.2. The smallest absolute Gasteiger partial charge is 0.254 e. The predicted octanol–water partition coefficient (Wildman–Crippen LogP) is 2.47. The van der Waals surface area contributed by atoms with E-state index in [1.54, 1.807) is 27.0 Å². The lowest BCUT2D eigenvalue weighted by Crippen LogP contribution is -2.28. The Bertz CT molecular complexity index is 840. The molecule has 130 valence electrons. The van der Waals surface area contributed by atoms with Crippen molar-refractivity contribution < 1.29 is 17.6 Å². The van der Waals surface area contributed by atoms with Gasteiger partial charge in [-0.3, -0.25) is 4.79 Å². The second-order valence-corrected chi connectivity index (χ2v) is 7.42. The van der Waals surface area contributed by atoms with Gasteiger partial charge in [-0.15, -0.1) is 0 Å². The number of rotatable bonds is 6. The third-order valence-corrected chi connectivity index (χ3v) is 5.16.